The third kappa shape index (κ3) is 3.86. The van der Waals surface area contributed by atoms with Gasteiger partial charge in [-0.25, -0.2) is 0 Å². The van der Waals surface area contributed by atoms with E-state index in [1.54, 1.807) is 0 Å². The van der Waals surface area contributed by atoms with Gasteiger partial charge in [0.15, 0.2) is 0 Å². The van der Waals surface area contributed by atoms with Gasteiger partial charge in [-0.2, -0.15) is 0 Å². The van der Waals surface area contributed by atoms with Crippen LogP contribution in [0.15, 0.2) is 30.3 Å². The van der Waals surface area contributed by atoms with Gasteiger partial charge in [0, 0.05) is 0 Å². The Morgan fingerprint density at radius 3 is 2.29 bits per heavy atom. The Hall–Kier alpha value is -1.35. The quantitative estimate of drug-likeness (QED) is 0.772. The molecule has 1 atom stereocenters. The summed E-state index contributed by atoms with van der Waals surface area (Å²) in [5.74, 6) is -0.913. The van der Waals surface area contributed by atoms with Crippen LogP contribution in [0.3, 0.4) is 0 Å². The molecule has 1 aromatic rings. The molecule has 0 aliphatic carbocycles. The molecule has 1 unspecified atom stereocenters. The summed E-state index contributed by atoms with van der Waals surface area (Å²) in [5, 5.41) is 9.31. The number of aliphatic hydroxyl groups is 1. The van der Waals surface area contributed by atoms with Crippen LogP contribution in [-0.2, 0) is 9.53 Å². The summed E-state index contributed by atoms with van der Waals surface area (Å²) in [4.78, 5) is 11.9. The van der Waals surface area contributed by atoms with E-state index in [0.717, 1.165) is 18.4 Å². The molecule has 94 valence electrons. The standard InChI is InChI=1S/C14H20O3/c1-3-12(4-2)17-14(16)13(10-15)11-8-6-5-7-9-11/h5-9,12-13,15H,3-4,10H2,1-2H3. The first-order valence-electron chi connectivity index (χ1n) is 6.09. The summed E-state index contributed by atoms with van der Waals surface area (Å²) in [6.45, 7) is 3.75. The monoisotopic (exact) mass is 236 g/mol. The first kappa shape index (κ1) is 13.7. The molecule has 1 aromatic carbocycles. The molecule has 17 heavy (non-hydrogen) atoms. The van der Waals surface area contributed by atoms with Crippen molar-refractivity contribution in [3.8, 4) is 0 Å². The lowest BCUT2D eigenvalue weighted by Gasteiger charge is -2.19. The number of benzene rings is 1. The van der Waals surface area contributed by atoms with Crippen molar-refractivity contribution in [2.24, 2.45) is 0 Å². The zero-order valence-electron chi connectivity index (χ0n) is 10.4. The highest BCUT2D eigenvalue weighted by Gasteiger charge is 2.23. The molecular formula is C14H20O3. The van der Waals surface area contributed by atoms with E-state index in [1.165, 1.54) is 0 Å². The molecule has 0 aliphatic rings. The van der Waals surface area contributed by atoms with Crippen molar-refractivity contribution < 1.29 is 14.6 Å². The third-order valence-corrected chi connectivity index (χ3v) is 2.86. The third-order valence-electron chi connectivity index (χ3n) is 2.86. The fourth-order valence-corrected chi connectivity index (χ4v) is 1.70. The highest BCUT2D eigenvalue weighted by atomic mass is 16.5. The van der Waals surface area contributed by atoms with E-state index in [-0.39, 0.29) is 18.7 Å². The van der Waals surface area contributed by atoms with E-state index < -0.39 is 5.92 Å². The van der Waals surface area contributed by atoms with E-state index in [9.17, 15) is 9.90 Å². The predicted octanol–water partition coefficient (Wildman–Crippen LogP) is 2.49. The summed E-state index contributed by atoms with van der Waals surface area (Å²) in [7, 11) is 0. The molecule has 3 nitrogen and oxygen atoms in total. The maximum Gasteiger partial charge on any atom is 0.316 e. The Morgan fingerprint density at radius 2 is 1.82 bits per heavy atom. The maximum absolute atomic E-state index is 11.9. The number of esters is 1. The number of rotatable bonds is 6. The van der Waals surface area contributed by atoms with Crippen LogP contribution in [0.25, 0.3) is 0 Å². The van der Waals surface area contributed by atoms with Gasteiger partial charge < -0.3 is 9.84 Å². The molecule has 0 saturated carbocycles. The van der Waals surface area contributed by atoms with Crippen LogP contribution in [0.1, 0.15) is 38.2 Å². The highest BCUT2D eigenvalue weighted by Crippen LogP contribution is 2.18. The van der Waals surface area contributed by atoms with Gasteiger partial charge in [-0.1, -0.05) is 44.2 Å². The second-order valence-corrected chi connectivity index (χ2v) is 4.02. The molecule has 0 aliphatic heterocycles. The van der Waals surface area contributed by atoms with Gasteiger partial charge in [-0.05, 0) is 18.4 Å². The van der Waals surface area contributed by atoms with Crippen molar-refractivity contribution in [1.29, 1.82) is 0 Å². The van der Waals surface area contributed by atoms with E-state index in [1.807, 2.05) is 44.2 Å². The minimum Gasteiger partial charge on any atom is -0.462 e. The van der Waals surface area contributed by atoms with Crippen LogP contribution in [-0.4, -0.2) is 23.8 Å². The van der Waals surface area contributed by atoms with Crippen LogP contribution in [0.5, 0.6) is 0 Å². The summed E-state index contributed by atoms with van der Waals surface area (Å²) in [6.07, 6.45) is 1.55. The van der Waals surface area contributed by atoms with Gasteiger partial charge >= 0.3 is 5.97 Å². The van der Waals surface area contributed by atoms with Crippen molar-refractivity contribution >= 4 is 5.97 Å². The molecule has 0 bridgehead atoms. The summed E-state index contributed by atoms with van der Waals surface area (Å²) in [6, 6.07) is 9.24. The molecule has 0 spiro atoms. The lowest BCUT2D eigenvalue weighted by Crippen LogP contribution is -2.24. The van der Waals surface area contributed by atoms with E-state index in [0.29, 0.717) is 0 Å². The zero-order valence-corrected chi connectivity index (χ0v) is 10.4. The molecule has 0 fully saturated rings. The minimum absolute atomic E-state index is 0.0553. The lowest BCUT2D eigenvalue weighted by molar-refractivity contribution is -0.152. The van der Waals surface area contributed by atoms with Gasteiger partial charge in [0.05, 0.1) is 6.61 Å². The lowest BCUT2D eigenvalue weighted by atomic mass is 10.0. The topological polar surface area (TPSA) is 46.5 Å². The zero-order chi connectivity index (χ0) is 12.7. The first-order chi connectivity index (χ1) is 8.22. The Kier molecular flexibility index (Phi) is 5.70. The maximum atomic E-state index is 11.9. The SMILES string of the molecule is CCC(CC)OC(=O)C(CO)c1ccccc1. The van der Waals surface area contributed by atoms with Crippen molar-refractivity contribution in [2.75, 3.05) is 6.61 Å². The average Bonchev–Trinajstić information content (AvgIpc) is 2.38. The van der Waals surface area contributed by atoms with Crippen LogP contribution < -0.4 is 0 Å². The highest BCUT2D eigenvalue weighted by molar-refractivity contribution is 5.78. The second kappa shape index (κ2) is 7.07. The van der Waals surface area contributed by atoms with Crippen molar-refractivity contribution in [1.82, 2.24) is 0 Å². The van der Waals surface area contributed by atoms with Crippen molar-refractivity contribution in [3.63, 3.8) is 0 Å². The number of carbonyl (C=O) groups is 1. The van der Waals surface area contributed by atoms with Crippen LogP contribution >= 0.6 is 0 Å². The van der Waals surface area contributed by atoms with Gasteiger partial charge in [0.1, 0.15) is 12.0 Å². The molecule has 3 heteroatoms. The Bertz CT molecular complexity index is 331. The number of hydrogen-bond donors (Lipinski definition) is 1. The molecule has 0 radical (unpaired) electrons. The molecule has 1 rings (SSSR count). The van der Waals surface area contributed by atoms with E-state index >= 15 is 0 Å². The van der Waals surface area contributed by atoms with E-state index in [2.05, 4.69) is 0 Å². The number of aliphatic hydroxyl groups excluding tert-OH is 1. The fraction of sp³-hybridized carbons (Fsp3) is 0.500. The molecule has 0 aromatic heterocycles. The summed E-state index contributed by atoms with van der Waals surface area (Å²) in [5.41, 5.74) is 0.797. The molecule has 0 saturated heterocycles. The normalized spacial score (nSPS) is 12.5. The second-order valence-electron chi connectivity index (χ2n) is 4.02. The van der Waals surface area contributed by atoms with Gasteiger partial charge in [-0.3, -0.25) is 4.79 Å². The van der Waals surface area contributed by atoms with Crippen LogP contribution in [0.4, 0.5) is 0 Å². The first-order valence-corrected chi connectivity index (χ1v) is 6.09. The molecular weight excluding hydrogens is 216 g/mol. The van der Waals surface area contributed by atoms with Crippen LogP contribution in [0.2, 0.25) is 0 Å². The smallest absolute Gasteiger partial charge is 0.316 e. The Balaban J connectivity index is 2.71. The summed E-state index contributed by atoms with van der Waals surface area (Å²) >= 11 is 0. The fourth-order valence-electron chi connectivity index (χ4n) is 1.70. The van der Waals surface area contributed by atoms with E-state index in [4.69, 9.17) is 4.74 Å². The summed E-state index contributed by atoms with van der Waals surface area (Å²) < 4.78 is 5.36. The number of ether oxygens (including phenoxy) is 1. The van der Waals surface area contributed by atoms with Gasteiger partial charge in [0.25, 0.3) is 0 Å². The average molecular weight is 236 g/mol. The van der Waals surface area contributed by atoms with Crippen molar-refractivity contribution in [2.45, 2.75) is 38.7 Å². The molecule has 0 heterocycles. The number of hydrogen-bond acceptors (Lipinski definition) is 3. The number of carbonyl (C=O) groups excluding carboxylic acids is 1. The molecule has 1 N–H and O–H groups in total. The van der Waals surface area contributed by atoms with Gasteiger partial charge in [-0.15, -0.1) is 0 Å². The largest absolute Gasteiger partial charge is 0.462 e. The van der Waals surface area contributed by atoms with Crippen molar-refractivity contribution in [3.05, 3.63) is 35.9 Å². The van der Waals surface area contributed by atoms with Crippen LogP contribution in [0, 0.1) is 0 Å². The Morgan fingerprint density at radius 1 is 1.24 bits per heavy atom. The molecule has 0 amide bonds. The minimum atomic E-state index is -0.572. The Labute approximate surface area is 102 Å². The van der Waals surface area contributed by atoms with Gasteiger partial charge in [0.2, 0.25) is 0 Å². The predicted molar refractivity (Wildman–Crippen MR) is 66.7 cm³/mol.